The Morgan fingerprint density at radius 1 is 1.33 bits per heavy atom. The van der Waals surface area contributed by atoms with Gasteiger partial charge in [-0.1, -0.05) is 20.8 Å². The molecule has 0 aromatic carbocycles. The molecule has 84 valence electrons. The summed E-state index contributed by atoms with van der Waals surface area (Å²) in [6.07, 6.45) is 3.97. The van der Waals surface area contributed by atoms with Crippen LogP contribution < -0.4 is 0 Å². The van der Waals surface area contributed by atoms with Crippen molar-refractivity contribution in [3.8, 4) is 0 Å². The second-order valence-corrected chi connectivity index (χ2v) is 5.15. The van der Waals surface area contributed by atoms with Crippen LogP contribution in [-0.4, -0.2) is 11.9 Å². The summed E-state index contributed by atoms with van der Waals surface area (Å²) in [5, 5.41) is 0. The van der Waals surface area contributed by atoms with Crippen LogP contribution in [0.1, 0.15) is 46.5 Å². The third-order valence-electron chi connectivity index (χ3n) is 3.52. The van der Waals surface area contributed by atoms with E-state index in [-0.39, 0.29) is 0 Å². The van der Waals surface area contributed by atoms with Gasteiger partial charge >= 0.3 is 0 Å². The zero-order valence-corrected chi connectivity index (χ0v) is 9.88. The average molecular weight is 208 g/mol. The molecule has 1 heterocycles. The van der Waals surface area contributed by atoms with E-state index in [1.54, 1.807) is 0 Å². The predicted octanol–water partition coefficient (Wildman–Crippen LogP) is 3.07. The van der Waals surface area contributed by atoms with Gasteiger partial charge in [0.05, 0.1) is 0 Å². The Bertz CT molecular complexity index is 302. The van der Waals surface area contributed by atoms with E-state index in [0.717, 1.165) is 37.0 Å². The molecule has 2 atom stereocenters. The molecule has 15 heavy (non-hydrogen) atoms. The van der Waals surface area contributed by atoms with Gasteiger partial charge in [-0.15, -0.1) is 0 Å². The van der Waals surface area contributed by atoms with E-state index < -0.39 is 0 Å². The largest absolute Gasteiger partial charge is 0.494 e. The molecule has 2 aliphatic rings. The van der Waals surface area contributed by atoms with Crippen LogP contribution in [0.5, 0.6) is 0 Å². The zero-order valence-electron chi connectivity index (χ0n) is 9.88. The van der Waals surface area contributed by atoms with Gasteiger partial charge < -0.3 is 4.74 Å². The first-order valence-electron chi connectivity index (χ1n) is 6.02. The summed E-state index contributed by atoms with van der Waals surface area (Å²) in [5.41, 5.74) is 0.998. The summed E-state index contributed by atoms with van der Waals surface area (Å²) in [5.74, 6) is 2.27. The highest BCUT2D eigenvalue weighted by molar-refractivity contribution is 5.97. The topological polar surface area (TPSA) is 26.3 Å². The fraction of sp³-hybridized carbons (Fsp3) is 0.769. The summed E-state index contributed by atoms with van der Waals surface area (Å²) >= 11 is 0. The van der Waals surface area contributed by atoms with Crippen molar-refractivity contribution in [1.29, 1.82) is 0 Å². The van der Waals surface area contributed by atoms with Crippen molar-refractivity contribution in [2.24, 2.45) is 11.8 Å². The third kappa shape index (κ3) is 1.95. The summed E-state index contributed by atoms with van der Waals surface area (Å²) in [6, 6.07) is 0. The number of ether oxygens (including phenoxy) is 1. The van der Waals surface area contributed by atoms with Crippen LogP contribution in [0.3, 0.4) is 0 Å². The van der Waals surface area contributed by atoms with Crippen molar-refractivity contribution in [1.82, 2.24) is 0 Å². The first-order valence-corrected chi connectivity index (χ1v) is 6.02. The minimum atomic E-state index is 0.310. The Morgan fingerprint density at radius 3 is 2.73 bits per heavy atom. The maximum Gasteiger partial charge on any atom is 0.162 e. The summed E-state index contributed by atoms with van der Waals surface area (Å²) in [6.45, 7) is 6.54. The SMILES string of the molecule is CC(C)[C@H]1C[C@H](C)C2=C(CCCC2=O)O1. The second-order valence-electron chi connectivity index (χ2n) is 5.15. The first-order chi connectivity index (χ1) is 7.09. The standard InChI is InChI=1S/C13H20O2/c1-8(2)12-7-9(3)13-10(14)5-4-6-11(13)15-12/h8-9,12H,4-7H2,1-3H3/t9-,12+/m0/s1. The molecule has 0 unspecified atom stereocenters. The highest BCUT2D eigenvalue weighted by Crippen LogP contribution is 2.37. The van der Waals surface area contributed by atoms with Gasteiger partial charge in [0.25, 0.3) is 0 Å². The number of carbonyl (C=O) groups excluding carboxylic acids is 1. The molecule has 0 saturated heterocycles. The van der Waals surface area contributed by atoms with Crippen LogP contribution in [0.4, 0.5) is 0 Å². The van der Waals surface area contributed by atoms with E-state index >= 15 is 0 Å². The van der Waals surface area contributed by atoms with Gasteiger partial charge in [0.1, 0.15) is 11.9 Å². The molecule has 0 amide bonds. The minimum absolute atomic E-state index is 0.310. The predicted molar refractivity (Wildman–Crippen MR) is 59.4 cm³/mol. The van der Waals surface area contributed by atoms with Gasteiger partial charge in [0, 0.05) is 18.4 Å². The summed E-state index contributed by atoms with van der Waals surface area (Å²) < 4.78 is 5.95. The Hall–Kier alpha value is -0.790. The van der Waals surface area contributed by atoms with Gasteiger partial charge in [-0.25, -0.2) is 0 Å². The van der Waals surface area contributed by atoms with Gasteiger partial charge in [-0.3, -0.25) is 4.79 Å². The molecule has 0 bridgehead atoms. The molecule has 2 rings (SSSR count). The van der Waals surface area contributed by atoms with Gasteiger partial charge in [0.2, 0.25) is 0 Å². The van der Waals surface area contributed by atoms with Crippen molar-refractivity contribution in [3.05, 3.63) is 11.3 Å². The Balaban J connectivity index is 2.25. The number of carbonyl (C=O) groups is 1. The third-order valence-corrected chi connectivity index (χ3v) is 3.52. The monoisotopic (exact) mass is 208 g/mol. The molecule has 0 spiro atoms. The lowest BCUT2D eigenvalue weighted by Gasteiger charge is -2.36. The fourth-order valence-electron chi connectivity index (χ4n) is 2.61. The van der Waals surface area contributed by atoms with E-state index in [0.29, 0.717) is 23.7 Å². The van der Waals surface area contributed by atoms with Crippen LogP contribution in [0.2, 0.25) is 0 Å². The van der Waals surface area contributed by atoms with Crippen LogP contribution in [0.15, 0.2) is 11.3 Å². The molecule has 0 aromatic rings. The van der Waals surface area contributed by atoms with Crippen molar-refractivity contribution >= 4 is 5.78 Å². The van der Waals surface area contributed by atoms with Crippen molar-refractivity contribution < 1.29 is 9.53 Å². The highest BCUT2D eigenvalue weighted by atomic mass is 16.5. The highest BCUT2D eigenvalue weighted by Gasteiger charge is 2.34. The quantitative estimate of drug-likeness (QED) is 0.662. The molecule has 0 fully saturated rings. The maximum absolute atomic E-state index is 11.8. The van der Waals surface area contributed by atoms with Crippen molar-refractivity contribution in [2.75, 3.05) is 0 Å². The molecule has 1 aliphatic carbocycles. The number of rotatable bonds is 1. The van der Waals surface area contributed by atoms with Crippen molar-refractivity contribution in [2.45, 2.75) is 52.6 Å². The van der Waals surface area contributed by atoms with Crippen LogP contribution in [0, 0.1) is 11.8 Å². The molecule has 0 radical (unpaired) electrons. The lowest BCUT2D eigenvalue weighted by atomic mass is 9.81. The lowest BCUT2D eigenvalue weighted by Crippen LogP contribution is -2.32. The van der Waals surface area contributed by atoms with E-state index in [1.165, 1.54) is 0 Å². The maximum atomic E-state index is 11.8. The van der Waals surface area contributed by atoms with E-state index in [1.807, 2.05) is 0 Å². The summed E-state index contributed by atoms with van der Waals surface area (Å²) in [4.78, 5) is 11.8. The van der Waals surface area contributed by atoms with Gasteiger partial charge in [0.15, 0.2) is 5.78 Å². The minimum Gasteiger partial charge on any atom is -0.494 e. The van der Waals surface area contributed by atoms with E-state index in [9.17, 15) is 4.79 Å². The number of hydrogen-bond donors (Lipinski definition) is 0. The van der Waals surface area contributed by atoms with Crippen LogP contribution in [-0.2, 0) is 9.53 Å². The average Bonchev–Trinajstić information content (AvgIpc) is 2.17. The Labute approximate surface area is 91.7 Å². The molecule has 0 aromatic heterocycles. The molecule has 0 saturated carbocycles. The first kappa shape index (κ1) is 10.7. The molecular formula is C13H20O2. The fourth-order valence-corrected chi connectivity index (χ4v) is 2.61. The molecular weight excluding hydrogens is 188 g/mol. The van der Waals surface area contributed by atoms with E-state index in [4.69, 9.17) is 4.74 Å². The number of Topliss-reactive ketones (excluding diaryl/α,β-unsaturated/α-hetero) is 1. The van der Waals surface area contributed by atoms with Gasteiger partial charge in [-0.2, -0.15) is 0 Å². The molecule has 2 nitrogen and oxygen atoms in total. The lowest BCUT2D eigenvalue weighted by molar-refractivity contribution is -0.118. The number of ketones is 1. The molecule has 0 N–H and O–H groups in total. The van der Waals surface area contributed by atoms with Gasteiger partial charge in [-0.05, 0) is 24.7 Å². The Kier molecular flexibility index (Phi) is 2.85. The number of hydrogen-bond acceptors (Lipinski definition) is 2. The Morgan fingerprint density at radius 2 is 2.07 bits per heavy atom. The van der Waals surface area contributed by atoms with Crippen molar-refractivity contribution in [3.63, 3.8) is 0 Å². The molecule has 1 aliphatic heterocycles. The normalized spacial score (nSPS) is 31.6. The smallest absolute Gasteiger partial charge is 0.162 e. The zero-order chi connectivity index (χ0) is 11.0. The van der Waals surface area contributed by atoms with E-state index in [2.05, 4.69) is 20.8 Å². The summed E-state index contributed by atoms with van der Waals surface area (Å²) in [7, 11) is 0. The number of allylic oxidation sites excluding steroid dienone is 2. The van der Waals surface area contributed by atoms with Crippen LogP contribution in [0.25, 0.3) is 0 Å². The van der Waals surface area contributed by atoms with Crippen LogP contribution >= 0.6 is 0 Å². The second kappa shape index (κ2) is 3.99. The molecule has 2 heteroatoms.